The summed E-state index contributed by atoms with van der Waals surface area (Å²) in [5.41, 5.74) is 0.271. The highest BCUT2D eigenvalue weighted by Crippen LogP contribution is 2.25. The van der Waals surface area contributed by atoms with Crippen LogP contribution in [0.5, 0.6) is 0 Å². The number of amides is 1. The third kappa shape index (κ3) is 4.34. The van der Waals surface area contributed by atoms with Crippen molar-refractivity contribution >= 4 is 40.7 Å². The number of rotatable bonds is 5. The van der Waals surface area contributed by atoms with Crippen molar-refractivity contribution in [2.45, 2.75) is 20.3 Å². The molecule has 0 unspecified atom stereocenters. The Morgan fingerprint density at radius 2 is 1.83 bits per heavy atom. The summed E-state index contributed by atoms with van der Waals surface area (Å²) in [7, 11) is 0. The van der Waals surface area contributed by atoms with Gasteiger partial charge in [0, 0.05) is 12.4 Å². The average molecular weight is 309 g/mol. The van der Waals surface area contributed by atoms with E-state index in [4.69, 9.17) is 34.8 Å². The van der Waals surface area contributed by atoms with E-state index in [0.29, 0.717) is 28.0 Å². The van der Waals surface area contributed by atoms with Crippen molar-refractivity contribution in [2.75, 3.05) is 12.4 Å². The van der Waals surface area contributed by atoms with Gasteiger partial charge in [-0.25, -0.2) is 0 Å². The van der Waals surface area contributed by atoms with E-state index in [2.05, 4.69) is 5.32 Å². The van der Waals surface area contributed by atoms with E-state index in [9.17, 15) is 4.79 Å². The van der Waals surface area contributed by atoms with Crippen LogP contribution in [0.2, 0.25) is 10.0 Å². The van der Waals surface area contributed by atoms with Gasteiger partial charge in [0.2, 0.25) is 0 Å². The van der Waals surface area contributed by atoms with E-state index >= 15 is 0 Å². The Morgan fingerprint density at radius 3 is 2.33 bits per heavy atom. The number of hydrogen-bond donors (Lipinski definition) is 1. The molecule has 1 amide bonds. The molecule has 5 heteroatoms. The van der Waals surface area contributed by atoms with Gasteiger partial charge in [0.15, 0.2) is 0 Å². The summed E-state index contributed by atoms with van der Waals surface area (Å²) < 4.78 is 0. The molecule has 100 valence electrons. The van der Waals surface area contributed by atoms with E-state index < -0.39 is 0 Å². The molecule has 0 aliphatic rings. The molecule has 0 heterocycles. The van der Waals surface area contributed by atoms with Crippen LogP contribution in [0.4, 0.5) is 0 Å². The molecule has 0 aliphatic heterocycles. The summed E-state index contributed by atoms with van der Waals surface area (Å²) in [5, 5.41) is 3.55. The minimum absolute atomic E-state index is 0.0505. The van der Waals surface area contributed by atoms with Crippen LogP contribution in [0.1, 0.15) is 30.6 Å². The summed E-state index contributed by atoms with van der Waals surface area (Å²) >= 11 is 17.7. The fourth-order valence-corrected chi connectivity index (χ4v) is 2.55. The summed E-state index contributed by atoms with van der Waals surface area (Å²) in [6.45, 7) is 4.62. The Labute approximate surface area is 123 Å². The fraction of sp³-hybridized carbons (Fsp3) is 0.462. The van der Waals surface area contributed by atoms with Crippen LogP contribution in [0, 0.1) is 5.41 Å². The van der Waals surface area contributed by atoms with Gasteiger partial charge in [-0.05, 0) is 24.0 Å². The zero-order chi connectivity index (χ0) is 13.8. The van der Waals surface area contributed by atoms with Gasteiger partial charge in [0.1, 0.15) is 0 Å². The van der Waals surface area contributed by atoms with Gasteiger partial charge in [-0.3, -0.25) is 4.79 Å². The van der Waals surface area contributed by atoms with Gasteiger partial charge in [0.05, 0.1) is 15.6 Å². The van der Waals surface area contributed by atoms with Gasteiger partial charge >= 0.3 is 0 Å². The van der Waals surface area contributed by atoms with E-state index in [1.807, 2.05) is 13.8 Å². The largest absolute Gasteiger partial charge is 0.351 e. The highest BCUT2D eigenvalue weighted by molar-refractivity contribution is 6.39. The fourth-order valence-electron chi connectivity index (χ4n) is 1.47. The zero-order valence-corrected chi connectivity index (χ0v) is 12.7. The van der Waals surface area contributed by atoms with E-state index in [-0.39, 0.29) is 11.3 Å². The van der Waals surface area contributed by atoms with Crippen LogP contribution in [0.25, 0.3) is 0 Å². The molecule has 1 rings (SSSR count). The first kappa shape index (κ1) is 15.6. The van der Waals surface area contributed by atoms with Crippen LogP contribution in [-0.4, -0.2) is 18.3 Å². The smallest absolute Gasteiger partial charge is 0.254 e. The molecule has 1 aromatic carbocycles. The maximum absolute atomic E-state index is 12.0. The molecule has 0 fully saturated rings. The summed E-state index contributed by atoms with van der Waals surface area (Å²) in [6.07, 6.45) is 0.824. The number of carbonyl (C=O) groups excluding carboxylic acids is 1. The SMILES string of the molecule is CC(C)(CCCl)CNC(=O)c1c(Cl)cccc1Cl. The lowest BCUT2D eigenvalue weighted by Gasteiger charge is -2.24. The number of nitrogens with one attached hydrogen (secondary N) is 1. The molecule has 2 nitrogen and oxygen atoms in total. The second-order valence-electron chi connectivity index (χ2n) is 4.88. The Morgan fingerprint density at radius 1 is 1.28 bits per heavy atom. The number of carbonyl (C=O) groups is 1. The first-order chi connectivity index (χ1) is 8.37. The molecule has 0 bridgehead atoms. The van der Waals surface area contributed by atoms with Crippen LogP contribution in [0.3, 0.4) is 0 Å². The van der Waals surface area contributed by atoms with Crippen LogP contribution in [-0.2, 0) is 0 Å². The molecule has 1 aromatic rings. The topological polar surface area (TPSA) is 29.1 Å². The lowest BCUT2D eigenvalue weighted by molar-refractivity contribution is 0.0936. The van der Waals surface area contributed by atoms with Crippen LogP contribution in [0.15, 0.2) is 18.2 Å². The Hall–Kier alpha value is -0.440. The molecular weight excluding hydrogens is 293 g/mol. The van der Waals surface area contributed by atoms with Gasteiger partial charge in [-0.15, -0.1) is 11.6 Å². The monoisotopic (exact) mass is 307 g/mol. The molecule has 0 saturated heterocycles. The molecular formula is C13H16Cl3NO. The first-order valence-electron chi connectivity index (χ1n) is 5.65. The molecule has 0 saturated carbocycles. The van der Waals surface area contributed by atoms with Crippen LogP contribution >= 0.6 is 34.8 Å². The van der Waals surface area contributed by atoms with Crippen molar-refractivity contribution in [1.82, 2.24) is 5.32 Å². The van der Waals surface area contributed by atoms with Crippen molar-refractivity contribution in [3.05, 3.63) is 33.8 Å². The first-order valence-corrected chi connectivity index (χ1v) is 6.94. The van der Waals surface area contributed by atoms with Crippen molar-refractivity contribution < 1.29 is 4.79 Å². The second-order valence-corrected chi connectivity index (χ2v) is 6.07. The molecule has 0 aliphatic carbocycles. The average Bonchev–Trinajstić information content (AvgIpc) is 2.26. The van der Waals surface area contributed by atoms with Gasteiger partial charge < -0.3 is 5.32 Å². The van der Waals surface area contributed by atoms with E-state index in [0.717, 1.165) is 6.42 Å². The lowest BCUT2D eigenvalue weighted by Crippen LogP contribution is -2.34. The summed E-state index contributed by atoms with van der Waals surface area (Å²) in [6, 6.07) is 5.00. The molecule has 18 heavy (non-hydrogen) atoms. The van der Waals surface area contributed by atoms with Crippen molar-refractivity contribution in [3.63, 3.8) is 0 Å². The second kappa shape index (κ2) is 6.65. The zero-order valence-electron chi connectivity index (χ0n) is 10.4. The van der Waals surface area contributed by atoms with E-state index in [1.54, 1.807) is 18.2 Å². The quantitative estimate of drug-likeness (QED) is 0.804. The molecule has 0 atom stereocenters. The van der Waals surface area contributed by atoms with Crippen molar-refractivity contribution in [1.29, 1.82) is 0 Å². The Bertz CT molecular complexity index is 412. The lowest BCUT2D eigenvalue weighted by atomic mass is 9.90. The Balaban J connectivity index is 2.72. The third-order valence-corrected chi connectivity index (χ3v) is 3.51. The predicted molar refractivity (Wildman–Crippen MR) is 77.9 cm³/mol. The van der Waals surface area contributed by atoms with Crippen molar-refractivity contribution in [2.24, 2.45) is 5.41 Å². The number of halogens is 3. The van der Waals surface area contributed by atoms with Gasteiger partial charge in [0.25, 0.3) is 5.91 Å². The third-order valence-electron chi connectivity index (χ3n) is 2.69. The molecule has 0 spiro atoms. The standard InChI is InChI=1S/C13H16Cl3NO/c1-13(2,6-7-14)8-17-12(18)11-9(15)4-3-5-10(11)16/h3-5H,6-8H2,1-2H3,(H,17,18). The van der Waals surface area contributed by atoms with Gasteiger partial charge in [-0.1, -0.05) is 43.1 Å². The molecule has 1 N–H and O–H groups in total. The number of hydrogen-bond acceptors (Lipinski definition) is 1. The Kier molecular flexibility index (Phi) is 5.77. The normalized spacial score (nSPS) is 11.4. The minimum Gasteiger partial charge on any atom is -0.351 e. The van der Waals surface area contributed by atoms with Crippen molar-refractivity contribution in [3.8, 4) is 0 Å². The highest BCUT2D eigenvalue weighted by Gasteiger charge is 2.20. The van der Waals surface area contributed by atoms with Gasteiger partial charge in [-0.2, -0.15) is 0 Å². The maximum atomic E-state index is 12.0. The summed E-state index contributed by atoms with van der Waals surface area (Å²) in [5.74, 6) is 0.309. The predicted octanol–water partition coefficient (Wildman–Crippen LogP) is 4.38. The number of alkyl halides is 1. The maximum Gasteiger partial charge on any atom is 0.254 e. The molecule has 0 aromatic heterocycles. The highest BCUT2D eigenvalue weighted by atomic mass is 35.5. The molecule has 0 radical (unpaired) electrons. The number of benzene rings is 1. The minimum atomic E-state index is -0.256. The van der Waals surface area contributed by atoms with E-state index in [1.165, 1.54) is 0 Å². The summed E-state index contributed by atoms with van der Waals surface area (Å²) in [4.78, 5) is 12.0. The van der Waals surface area contributed by atoms with Crippen LogP contribution < -0.4 is 5.32 Å².